The minimum absolute atomic E-state index is 0.0477. The molecule has 0 atom stereocenters. The normalized spacial score (nSPS) is 11.1. The van der Waals surface area contributed by atoms with E-state index < -0.39 is 0 Å². The van der Waals surface area contributed by atoms with Crippen LogP contribution in [0.25, 0.3) is 10.9 Å². The van der Waals surface area contributed by atoms with Crippen molar-refractivity contribution < 1.29 is 4.79 Å². The van der Waals surface area contributed by atoms with Crippen molar-refractivity contribution in [2.45, 2.75) is 39.9 Å². The molecule has 0 fully saturated rings. The first kappa shape index (κ1) is 17.9. The van der Waals surface area contributed by atoms with E-state index in [4.69, 9.17) is 0 Å². The van der Waals surface area contributed by atoms with Crippen molar-refractivity contribution in [1.82, 2.24) is 9.47 Å². The Morgan fingerprint density at radius 3 is 2.38 bits per heavy atom. The Morgan fingerprint density at radius 1 is 1.04 bits per heavy atom. The first-order chi connectivity index (χ1) is 12.5. The topological polar surface area (TPSA) is 42.3 Å². The molecule has 134 valence electrons. The summed E-state index contributed by atoms with van der Waals surface area (Å²) in [5.74, 6) is -0.0540. The lowest BCUT2D eigenvalue weighted by atomic mass is 10.1. The highest BCUT2D eigenvalue weighted by Crippen LogP contribution is 2.15. The molecule has 0 bridgehead atoms. The third kappa shape index (κ3) is 3.69. The van der Waals surface area contributed by atoms with Gasteiger partial charge < -0.3 is 4.90 Å². The van der Waals surface area contributed by atoms with Crippen LogP contribution in [0.5, 0.6) is 0 Å². The molecular formula is C22H24N2O2. The quantitative estimate of drug-likeness (QED) is 0.705. The maximum atomic E-state index is 13.0. The molecule has 0 aliphatic rings. The maximum absolute atomic E-state index is 13.0. The summed E-state index contributed by atoms with van der Waals surface area (Å²) in [4.78, 5) is 27.5. The summed E-state index contributed by atoms with van der Waals surface area (Å²) in [6.07, 6.45) is 0. The van der Waals surface area contributed by atoms with Crippen molar-refractivity contribution in [3.63, 3.8) is 0 Å². The SMILES string of the molecule is Cc1cc2ccccc2n(CC(=O)N(Cc2ccccc2)C(C)C)c1=O. The van der Waals surface area contributed by atoms with Crippen molar-refractivity contribution in [1.29, 1.82) is 0 Å². The van der Waals surface area contributed by atoms with Gasteiger partial charge in [0.15, 0.2) is 0 Å². The summed E-state index contributed by atoms with van der Waals surface area (Å²) >= 11 is 0. The Morgan fingerprint density at radius 2 is 1.69 bits per heavy atom. The molecule has 0 N–H and O–H groups in total. The number of rotatable bonds is 5. The number of hydrogen-bond acceptors (Lipinski definition) is 2. The predicted molar refractivity (Wildman–Crippen MR) is 105 cm³/mol. The van der Waals surface area contributed by atoms with Gasteiger partial charge in [0, 0.05) is 18.2 Å². The van der Waals surface area contributed by atoms with Crippen LogP contribution >= 0.6 is 0 Å². The molecule has 0 aliphatic heterocycles. The average Bonchev–Trinajstić information content (AvgIpc) is 2.64. The molecule has 4 heteroatoms. The third-order valence-corrected chi connectivity index (χ3v) is 4.61. The summed E-state index contributed by atoms with van der Waals surface area (Å²) in [5.41, 5.74) is 2.41. The first-order valence-electron chi connectivity index (χ1n) is 8.90. The fourth-order valence-corrected chi connectivity index (χ4v) is 3.19. The standard InChI is InChI=1S/C22H24N2O2/c1-16(2)23(14-18-9-5-4-6-10-18)21(25)15-24-20-12-8-7-11-19(20)13-17(3)22(24)26/h4-13,16H,14-15H2,1-3H3. The Kier molecular flexibility index (Phi) is 5.21. The number of benzene rings is 2. The second-order valence-electron chi connectivity index (χ2n) is 6.88. The molecule has 4 nitrogen and oxygen atoms in total. The van der Waals surface area contributed by atoms with Gasteiger partial charge in [-0.25, -0.2) is 0 Å². The fourth-order valence-electron chi connectivity index (χ4n) is 3.19. The molecule has 0 spiro atoms. The Bertz CT molecular complexity index is 974. The molecule has 3 rings (SSSR count). The van der Waals surface area contributed by atoms with Gasteiger partial charge in [0.25, 0.3) is 5.56 Å². The summed E-state index contributed by atoms with van der Waals surface area (Å²) in [7, 11) is 0. The van der Waals surface area contributed by atoms with Crippen LogP contribution in [0.1, 0.15) is 25.0 Å². The third-order valence-electron chi connectivity index (χ3n) is 4.61. The highest BCUT2D eigenvalue weighted by Gasteiger charge is 2.19. The van der Waals surface area contributed by atoms with Gasteiger partial charge in [0.05, 0.1) is 5.52 Å². The van der Waals surface area contributed by atoms with Gasteiger partial charge in [-0.3, -0.25) is 14.2 Å². The van der Waals surface area contributed by atoms with Crippen LogP contribution in [0, 0.1) is 6.92 Å². The summed E-state index contributed by atoms with van der Waals surface area (Å²) < 4.78 is 1.59. The highest BCUT2D eigenvalue weighted by atomic mass is 16.2. The number of para-hydroxylation sites is 1. The molecule has 0 unspecified atom stereocenters. The number of aryl methyl sites for hydroxylation is 1. The Balaban J connectivity index is 1.94. The number of amides is 1. The van der Waals surface area contributed by atoms with Gasteiger partial charge in [0.2, 0.25) is 5.91 Å². The fraction of sp³-hybridized carbons (Fsp3) is 0.273. The largest absolute Gasteiger partial charge is 0.334 e. The van der Waals surface area contributed by atoms with E-state index in [1.165, 1.54) is 0 Å². The van der Waals surface area contributed by atoms with Gasteiger partial charge in [-0.2, -0.15) is 0 Å². The van der Waals surface area contributed by atoms with E-state index in [1.54, 1.807) is 11.5 Å². The lowest BCUT2D eigenvalue weighted by Gasteiger charge is -2.27. The molecule has 0 radical (unpaired) electrons. The van der Waals surface area contributed by atoms with Gasteiger partial charge in [-0.1, -0.05) is 48.5 Å². The number of fused-ring (bicyclic) bond motifs is 1. The number of nitrogens with zero attached hydrogens (tertiary/aromatic N) is 2. The number of aromatic nitrogens is 1. The molecule has 0 aliphatic carbocycles. The highest BCUT2D eigenvalue weighted by molar-refractivity contribution is 5.83. The van der Waals surface area contributed by atoms with E-state index in [0.717, 1.165) is 16.5 Å². The van der Waals surface area contributed by atoms with Crippen molar-refractivity contribution in [2.75, 3.05) is 0 Å². The van der Waals surface area contributed by atoms with E-state index in [1.807, 2.05) is 79.4 Å². The molecule has 2 aromatic carbocycles. The van der Waals surface area contributed by atoms with E-state index >= 15 is 0 Å². The predicted octanol–water partition coefficient (Wildman–Crippen LogP) is 3.75. The van der Waals surface area contributed by atoms with Crippen LogP contribution in [-0.4, -0.2) is 21.4 Å². The first-order valence-corrected chi connectivity index (χ1v) is 8.90. The van der Waals surface area contributed by atoms with Gasteiger partial charge in [-0.15, -0.1) is 0 Å². The zero-order valence-electron chi connectivity index (χ0n) is 15.5. The second kappa shape index (κ2) is 7.56. The van der Waals surface area contributed by atoms with Crippen LogP contribution in [-0.2, 0) is 17.9 Å². The Hall–Kier alpha value is -2.88. The van der Waals surface area contributed by atoms with Crippen molar-refractivity contribution in [3.05, 3.63) is 82.1 Å². The van der Waals surface area contributed by atoms with Gasteiger partial charge in [0.1, 0.15) is 6.54 Å². The van der Waals surface area contributed by atoms with E-state index in [2.05, 4.69) is 0 Å². The second-order valence-corrected chi connectivity index (χ2v) is 6.88. The van der Waals surface area contributed by atoms with Crippen LogP contribution < -0.4 is 5.56 Å². The van der Waals surface area contributed by atoms with E-state index in [0.29, 0.717) is 12.1 Å². The zero-order valence-corrected chi connectivity index (χ0v) is 15.5. The molecule has 1 amide bonds. The minimum atomic E-state index is -0.111. The molecular weight excluding hydrogens is 324 g/mol. The van der Waals surface area contributed by atoms with Crippen molar-refractivity contribution >= 4 is 16.8 Å². The van der Waals surface area contributed by atoms with Crippen LogP contribution in [0.4, 0.5) is 0 Å². The zero-order chi connectivity index (χ0) is 18.7. The number of pyridine rings is 1. The van der Waals surface area contributed by atoms with Crippen LogP contribution in [0.3, 0.4) is 0 Å². The maximum Gasteiger partial charge on any atom is 0.254 e. The lowest BCUT2D eigenvalue weighted by molar-refractivity contribution is -0.134. The molecule has 26 heavy (non-hydrogen) atoms. The van der Waals surface area contributed by atoms with E-state index in [9.17, 15) is 9.59 Å². The van der Waals surface area contributed by atoms with Gasteiger partial charge in [-0.05, 0) is 43.9 Å². The average molecular weight is 348 g/mol. The molecule has 1 aromatic heterocycles. The number of carbonyl (C=O) groups excluding carboxylic acids is 1. The Labute approximate surface area is 153 Å². The summed E-state index contributed by atoms with van der Waals surface area (Å²) in [6.45, 7) is 6.37. The molecule has 0 saturated heterocycles. The summed E-state index contributed by atoms with van der Waals surface area (Å²) in [6, 6.07) is 19.5. The van der Waals surface area contributed by atoms with Crippen LogP contribution in [0.15, 0.2) is 65.5 Å². The summed E-state index contributed by atoms with van der Waals surface area (Å²) in [5, 5.41) is 0.969. The van der Waals surface area contributed by atoms with Gasteiger partial charge >= 0.3 is 0 Å². The molecule has 3 aromatic rings. The van der Waals surface area contributed by atoms with E-state index in [-0.39, 0.29) is 24.1 Å². The van der Waals surface area contributed by atoms with Crippen LogP contribution in [0.2, 0.25) is 0 Å². The number of carbonyl (C=O) groups is 1. The number of hydrogen-bond donors (Lipinski definition) is 0. The molecule has 0 saturated carbocycles. The van der Waals surface area contributed by atoms with Crippen molar-refractivity contribution in [3.8, 4) is 0 Å². The smallest absolute Gasteiger partial charge is 0.254 e. The lowest BCUT2D eigenvalue weighted by Crippen LogP contribution is -2.40. The molecule has 1 heterocycles. The van der Waals surface area contributed by atoms with Crippen molar-refractivity contribution in [2.24, 2.45) is 0 Å². The minimum Gasteiger partial charge on any atom is -0.334 e. The monoisotopic (exact) mass is 348 g/mol.